The van der Waals surface area contributed by atoms with E-state index in [2.05, 4.69) is 0 Å². The Labute approximate surface area is 134 Å². The normalized spacial score (nSPS) is 16.3. The summed E-state index contributed by atoms with van der Waals surface area (Å²) in [5, 5.41) is 9.31. The number of amides is 2. The summed E-state index contributed by atoms with van der Waals surface area (Å²) in [6.45, 7) is 3.05. The van der Waals surface area contributed by atoms with Gasteiger partial charge in [-0.15, -0.1) is 0 Å². The highest BCUT2D eigenvalue weighted by atomic mass is 19.1. The van der Waals surface area contributed by atoms with Crippen LogP contribution in [0.2, 0.25) is 0 Å². The Morgan fingerprint density at radius 3 is 2.43 bits per heavy atom. The molecule has 0 spiro atoms. The molecule has 0 aliphatic carbocycles. The Morgan fingerprint density at radius 1 is 1.26 bits per heavy atom. The number of aliphatic hydroxyl groups excluding tert-OH is 1. The van der Waals surface area contributed by atoms with Crippen LogP contribution in [0.3, 0.4) is 0 Å². The van der Waals surface area contributed by atoms with Crippen LogP contribution in [-0.2, 0) is 16.1 Å². The van der Waals surface area contributed by atoms with Gasteiger partial charge in [-0.2, -0.15) is 0 Å². The van der Waals surface area contributed by atoms with E-state index >= 15 is 0 Å². The van der Waals surface area contributed by atoms with Gasteiger partial charge < -0.3 is 19.6 Å². The molecule has 0 bridgehead atoms. The molecule has 1 aromatic carbocycles. The van der Waals surface area contributed by atoms with E-state index < -0.39 is 11.9 Å². The maximum Gasteiger partial charge on any atom is 0.253 e. The molecule has 126 valence electrons. The van der Waals surface area contributed by atoms with Gasteiger partial charge in [0, 0.05) is 44.4 Å². The van der Waals surface area contributed by atoms with Crippen LogP contribution in [0.4, 0.5) is 4.39 Å². The largest absolute Gasteiger partial charge is 0.384 e. The van der Waals surface area contributed by atoms with Gasteiger partial charge in [0.2, 0.25) is 0 Å². The van der Waals surface area contributed by atoms with Gasteiger partial charge in [-0.3, -0.25) is 9.59 Å². The van der Waals surface area contributed by atoms with Gasteiger partial charge in [-0.05, 0) is 25.1 Å². The number of nitrogens with zero attached hydrogens (tertiary/aromatic N) is 2. The number of piperazine rings is 1. The van der Waals surface area contributed by atoms with E-state index in [1.54, 1.807) is 4.90 Å². The van der Waals surface area contributed by atoms with E-state index in [9.17, 15) is 19.1 Å². The molecule has 1 aromatic rings. The monoisotopic (exact) mass is 324 g/mol. The smallest absolute Gasteiger partial charge is 0.253 e. The minimum absolute atomic E-state index is 0.101. The molecule has 0 saturated carbocycles. The lowest BCUT2D eigenvalue weighted by Crippen LogP contribution is -2.52. The highest BCUT2D eigenvalue weighted by molar-refractivity contribution is 5.94. The summed E-state index contributed by atoms with van der Waals surface area (Å²) in [4.78, 5) is 27.4. The van der Waals surface area contributed by atoms with Crippen molar-refractivity contribution in [3.63, 3.8) is 0 Å². The molecule has 1 aliphatic rings. The highest BCUT2D eigenvalue weighted by Crippen LogP contribution is 2.15. The number of halogens is 1. The molecule has 1 saturated heterocycles. The third-order valence-electron chi connectivity index (χ3n) is 3.83. The maximum atomic E-state index is 13.6. The molecular weight excluding hydrogens is 303 g/mol. The van der Waals surface area contributed by atoms with Crippen LogP contribution in [0, 0.1) is 5.82 Å². The zero-order valence-electron chi connectivity index (χ0n) is 13.3. The zero-order valence-corrected chi connectivity index (χ0v) is 13.3. The molecule has 0 aromatic heterocycles. The van der Waals surface area contributed by atoms with Gasteiger partial charge in [0.1, 0.15) is 11.9 Å². The lowest BCUT2D eigenvalue weighted by atomic mass is 10.1. The van der Waals surface area contributed by atoms with Crippen molar-refractivity contribution in [1.29, 1.82) is 0 Å². The predicted octanol–water partition coefficient (Wildman–Crippen LogP) is 0.637. The van der Waals surface area contributed by atoms with Crippen molar-refractivity contribution in [2.75, 3.05) is 33.3 Å². The Bertz CT molecular complexity index is 583. The molecule has 1 heterocycles. The van der Waals surface area contributed by atoms with Crippen molar-refractivity contribution < 1.29 is 23.8 Å². The number of hydrogen-bond donors (Lipinski definition) is 1. The van der Waals surface area contributed by atoms with Crippen LogP contribution in [0.1, 0.15) is 22.8 Å². The molecule has 0 radical (unpaired) electrons. The molecule has 0 unspecified atom stereocenters. The lowest BCUT2D eigenvalue weighted by Gasteiger charge is -2.35. The lowest BCUT2D eigenvalue weighted by molar-refractivity contribution is -0.140. The highest BCUT2D eigenvalue weighted by Gasteiger charge is 2.26. The summed E-state index contributed by atoms with van der Waals surface area (Å²) in [7, 11) is 1.46. The second-order valence-corrected chi connectivity index (χ2v) is 5.53. The summed E-state index contributed by atoms with van der Waals surface area (Å²) < 4.78 is 18.5. The third kappa shape index (κ3) is 4.05. The average molecular weight is 324 g/mol. The molecule has 1 fully saturated rings. The second kappa shape index (κ2) is 7.52. The second-order valence-electron chi connectivity index (χ2n) is 5.53. The SMILES string of the molecule is COCc1cc(C(=O)N2CCN(C(=O)[C@@H](C)O)CC2)ccc1F. The van der Waals surface area contributed by atoms with Gasteiger partial charge in [0.15, 0.2) is 0 Å². The number of hydrogen-bond acceptors (Lipinski definition) is 4. The molecule has 1 aliphatic heterocycles. The molecule has 6 nitrogen and oxygen atoms in total. The first kappa shape index (κ1) is 17.4. The maximum absolute atomic E-state index is 13.6. The van der Waals surface area contributed by atoms with Crippen molar-refractivity contribution in [2.45, 2.75) is 19.6 Å². The van der Waals surface area contributed by atoms with Gasteiger partial charge in [-0.1, -0.05) is 0 Å². The summed E-state index contributed by atoms with van der Waals surface area (Å²) in [5.41, 5.74) is 0.732. The summed E-state index contributed by atoms with van der Waals surface area (Å²) in [5.74, 6) is -0.941. The van der Waals surface area contributed by atoms with E-state index in [1.807, 2.05) is 0 Å². The van der Waals surface area contributed by atoms with Crippen molar-refractivity contribution in [3.05, 3.63) is 35.1 Å². The van der Waals surface area contributed by atoms with Crippen molar-refractivity contribution >= 4 is 11.8 Å². The van der Waals surface area contributed by atoms with Gasteiger partial charge in [0.25, 0.3) is 11.8 Å². The van der Waals surface area contributed by atoms with Crippen LogP contribution < -0.4 is 0 Å². The Balaban J connectivity index is 2.02. The number of aliphatic hydroxyl groups is 1. The van der Waals surface area contributed by atoms with Gasteiger partial charge in [-0.25, -0.2) is 4.39 Å². The van der Waals surface area contributed by atoms with Gasteiger partial charge >= 0.3 is 0 Å². The fourth-order valence-corrected chi connectivity index (χ4v) is 2.55. The first-order chi connectivity index (χ1) is 10.9. The summed E-state index contributed by atoms with van der Waals surface area (Å²) in [6.07, 6.45) is -1.04. The van der Waals surface area contributed by atoms with Crippen molar-refractivity contribution in [1.82, 2.24) is 9.80 Å². The first-order valence-electron chi connectivity index (χ1n) is 7.47. The van der Waals surface area contributed by atoms with E-state index in [4.69, 9.17) is 4.74 Å². The molecule has 1 atom stereocenters. The number of carbonyl (C=O) groups excluding carboxylic acids is 2. The molecule has 7 heteroatoms. The van der Waals surface area contributed by atoms with E-state index in [0.29, 0.717) is 37.3 Å². The quantitative estimate of drug-likeness (QED) is 0.882. The Hall–Kier alpha value is -1.99. The fourth-order valence-electron chi connectivity index (χ4n) is 2.55. The number of rotatable bonds is 4. The van der Waals surface area contributed by atoms with E-state index in [-0.39, 0.29) is 18.4 Å². The number of benzene rings is 1. The van der Waals surface area contributed by atoms with E-state index in [1.165, 1.54) is 37.1 Å². The minimum Gasteiger partial charge on any atom is -0.384 e. The van der Waals surface area contributed by atoms with Gasteiger partial charge in [0.05, 0.1) is 6.61 Å². The minimum atomic E-state index is -1.04. The number of carbonyl (C=O) groups is 2. The van der Waals surface area contributed by atoms with E-state index in [0.717, 1.165) is 0 Å². The van der Waals surface area contributed by atoms with Crippen LogP contribution in [0.5, 0.6) is 0 Å². The van der Waals surface area contributed by atoms with Crippen LogP contribution >= 0.6 is 0 Å². The molecular formula is C16H21FN2O4. The molecule has 2 amide bonds. The number of ether oxygens (including phenoxy) is 1. The molecule has 23 heavy (non-hydrogen) atoms. The standard InChI is InChI=1S/C16H21FN2O4/c1-11(20)15(21)18-5-7-19(8-6-18)16(22)12-3-4-14(17)13(9-12)10-23-2/h3-4,9,11,20H,5-8,10H2,1-2H3/t11-/m1/s1. The first-order valence-corrected chi connectivity index (χ1v) is 7.47. The zero-order chi connectivity index (χ0) is 17.0. The topological polar surface area (TPSA) is 70.1 Å². The molecule has 2 rings (SSSR count). The average Bonchev–Trinajstić information content (AvgIpc) is 2.56. The predicted molar refractivity (Wildman–Crippen MR) is 81.3 cm³/mol. The third-order valence-corrected chi connectivity index (χ3v) is 3.83. The fraction of sp³-hybridized carbons (Fsp3) is 0.500. The Morgan fingerprint density at radius 2 is 1.87 bits per heavy atom. The van der Waals surface area contributed by atoms with Crippen LogP contribution in [-0.4, -0.2) is 66.1 Å². The van der Waals surface area contributed by atoms with Crippen LogP contribution in [0.25, 0.3) is 0 Å². The van der Waals surface area contributed by atoms with Crippen molar-refractivity contribution in [3.8, 4) is 0 Å². The van der Waals surface area contributed by atoms with Crippen LogP contribution in [0.15, 0.2) is 18.2 Å². The molecule has 1 N–H and O–H groups in total. The summed E-state index contributed by atoms with van der Waals surface area (Å²) in [6, 6.07) is 4.20. The van der Waals surface area contributed by atoms with Crippen molar-refractivity contribution in [2.24, 2.45) is 0 Å². The summed E-state index contributed by atoms with van der Waals surface area (Å²) >= 11 is 0. The Kier molecular flexibility index (Phi) is 5.68. The number of methoxy groups -OCH3 is 1.